The summed E-state index contributed by atoms with van der Waals surface area (Å²) in [6.07, 6.45) is 0.252. The summed E-state index contributed by atoms with van der Waals surface area (Å²) in [7, 11) is -3.34. The Morgan fingerprint density at radius 2 is 2.12 bits per heavy atom. The summed E-state index contributed by atoms with van der Waals surface area (Å²) in [5.74, 6) is 0. The van der Waals surface area contributed by atoms with Gasteiger partial charge < -0.3 is 15.0 Å². The summed E-state index contributed by atoms with van der Waals surface area (Å²) in [6.45, 7) is 5.28. The number of amides is 2. The Labute approximate surface area is 148 Å². The van der Waals surface area contributed by atoms with E-state index >= 15 is 0 Å². The maximum absolute atomic E-state index is 12.7. The molecule has 0 radical (unpaired) electrons. The number of likely N-dealkylation sites (N-methyl/N-ethyl adjacent to an activating group) is 1. The highest BCUT2D eigenvalue weighted by Crippen LogP contribution is 2.46. The zero-order chi connectivity index (χ0) is 17.8. The van der Waals surface area contributed by atoms with Crippen LogP contribution in [-0.2, 0) is 14.8 Å². The monoisotopic (exact) mass is 365 g/mol. The van der Waals surface area contributed by atoms with E-state index in [0.29, 0.717) is 32.6 Å². The predicted molar refractivity (Wildman–Crippen MR) is 93.9 cm³/mol. The third-order valence-electron chi connectivity index (χ3n) is 5.54. The third kappa shape index (κ3) is 2.54. The number of aryl methyl sites for hydroxylation is 1. The minimum absolute atomic E-state index is 0.199. The van der Waals surface area contributed by atoms with Gasteiger partial charge in [0.1, 0.15) is 10.9 Å². The fourth-order valence-corrected chi connectivity index (χ4v) is 6.62. The van der Waals surface area contributed by atoms with Crippen LogP contribution in [0.3, 0.4) is 0 Å². The molecule has 2 bridgehead atoms. The van der Waals surface area contributed by atoms with Gasteiger partial charge in [0.2, 0.25) is 10.0 Å². The second-order valence-corrected chi connectivity index (χ2v) is 9.24. The first-order valence-corrected chi connectivity index (χ1v) is 10.1. The van der Waals surface area contributed by atoms with E-state index in [1.165, 1.54) is 4.31 Å². The number of hydrogen-bond acceptors (Lipinski definition) is 4. The van der Waals surface area contributed by atoms with Gasteiger partial charge in [-0.3, -0.25) is 0 Å². The molecule has 1 aromatic carbocycles. The van der Waals surface area contributed by atoms with Crippen molar-refractivity contribution in [2.24, 2.45) is 0 Å². The molecule has 0 aromatic heterocycles. The fourth-order valence-electron chi connectivity index (χ4n) is 4.30. The number of urea groups is 1. The van der Waals surface area contributed by atoms with E-state index < -0.39 is 20.9 Å². The number of carbonyl (C=O) groups excluding carboxylic acids is 1. The van der Waals surface area contributed by atoms with Crippen molar-refractivity contribution in [3.8, 4) is 0 Å². The van der Waals surface area contributed by atoms with Crippen LogP contribution in [0.15, 0.2) is 24.3 Å². The summed E-state index contributed by atoms with van der Waals surface area (Å²) in [5, 5.41) is 2.40. The molecule has 0 aliphatic carbocycles. The van der Waals surface area contributed by atoms with Crippen LogP contribution in [0.5, 0.6) is 0 Å². The molecular weight excluding hydrogens is 342 g/mol. The second kappa shape index (κ2) is 5.69. The van der Waals surface area contributed by atoms with E-state index in [-0.39, 0.29) is 12.1 Å². The lowest BCUT2D eigenvalue weighted by molar-refractivity contribution is -0.0940. The van der Waals surface area contributed by atoms with E-state index in [1.807, 2.05) is 38.1 Å². The van der Waals surface area contributed by atoms with E-state index in [4.69, 9.17) is 4.74 Å². The zero-order valence-electron chi connectivity index (χ0n) is 14.4. The van der Waals surface area contributed by atoms with E-state index in [2.05, 4.69) is 5.32 Å². The van der Waals surface area contributed by atoms with Crippen molar-refractivity contribution in [1.82, 2.24) is 9.21 Å². The van der Waals surface area contributed by atoms with Gasteiger partial charge in [0.15, 0.2) is 0 Å². The number of hydrogen-bond donors (Lipinski definition) is 1. The molecule has 0 unspecified atom stereocenters. The number of rotatable bonds is 2. The highest BCUT2D eigenvalue weighted by atomic mass is 32.2. The fraction of sp³-hybridized carbons (Fsp3) is 0.588. The standard InChI is InChI=1S/C17H23N3O4S/c1-3-20-11-17-10-19(9-13(24-17)8-15(17)25(20,22)23)16(21)18-14-7-5-4-6-12(14)2/h4-7,13,15H,3,8-11H2,1-2H3,(H,18,21)/t13-,15+,17+/m0/s1. The van der Waals surface area contributed by atoms with E-state index in [9.17, 15) is 13.2 Å². The number of para-hydroxylation sites is 1. The smallest absolute Gasteiger partial charge is 0.322 e. The van der Waals surface area contributed by atoms with Gasteiger partial charge in [-0.2, -0.15) is 4.31 Å². The van der Waals surface area contributed by atoms with Crippen molar-refractivity contribution in [2.75, 3.05) is 31.5 Å². The van der Waals surface area contributed by atoms with Crippen LogP contribution in [-0.4, -0.2) is 66.8 Å². The van der Waals surface area contributed by atoms with Gasteiger partial charge >= 0.3 is 6.03 Å². The Kier molecular flexibility index (Phi) is 3.82. The van der Waals surface area contributed by atoms with Crippen LogP contribution >= 0.6 is 0 Å². The maximum atomic E-state index is 12.7. The highest BCUT2D eigenvalue weighted by molar-refractivity contribution is 7.90. The maximum Gasteiger partial charge on any atom is 0.322 e. The molecule has 0 saturated carbocycles. The predicted octanol–water partition coefficient (Wildman–Crippen LogP) is 1.40. The number of carbonyl (C=O) groups is 1. The quantitative estimate of drug-likeness (QED) is 0.859. The molecule has 1 N–H and O–H groups in total. The lowest BCUT2D eigenvalue weighted by Gasteiger charge is -2.39. The topological polar surface area (TPSA) is 79.0 Å². The Bertz CT molecular complexity index is 812. The van der Waals surface area contributed by atoms with E-state index in [0.717, 1.165) is 11.3 Å². The van der Waals surface area contributed by atoms with Crippen molar-refractivity contribution in [3.63, 3.8) is 0 Å². The Morgan fingerprint density at radius 1 is 1.36 bits per heavy atom. The van der Waals surface area contributed by atoms with Crippen molar-refractivity contribution >= 4 is 21.7 Å². The molecule has 7 nitrogen and oxygen atoms in total. The Morgan fingerprint density at radius 3 is 2.84 bits per heavy atom. The largest absolute Gasteiger partial charge is 0.365 e. The molecule has 3 atom stereocenters. The molecular formula is C17H23N3O4S. The van der Waals surface area contributed by atoms with Gasteiger partial charge in [-0.1, -0.05) is 25.1 Å². The number of anilines is 1. The number of nitrogens with one attached hydrogen (secondary N) is 1. The first-order valence-electron chi connectivity index (χ1n) is 8.64. The van der Waals surface area contributed by atoms with Crippen molar-refractivity contribution in [1.29, 1.82) is 0 Å². The normalized spacial score (nSPS) is 33.3. The number of nitrogens with zero attached hydrogens (tertiary/aromatic N) is 2. The molecule has 25 heavy (non-hydrogen) atoms. The van der Waals surface area contributed by atoms with Crippen LogP contribution < -0.4 is 5.32 Å². The summed E-state index contributed by atoms with van der Waals surface area (Å²) in [4.78, 5) is 14.4. The van der Waals surface area contributed by atoms with E-state index in [1.54, 1.807) is 4.90 Å². The number of sulfonamides is 1. The molecule has 4 rings (SSSR count). The van der Waals surface area contributed by atoms with Crippen LogP contribution in [0.1, 0.15) is 18.9 Å². The van der Waals surface area contributed by atoms with Gasteiger partial charge in [-0.15, -0.1) is 0 Å². The number of ether oxygens (including phenoxy) is 1. The van der Waals surface area contributed by atoms with Crippen LogP contribution in [0, 0.1) is 6.92 Å². The van der Waals surface area contributed by atoms with Gasteiger partial charge in [0.25, 0.3) is 0 Å². The first kappa shape index (κ1) is 16.8. The average molecular weight is 365 g/mol. The van der Waals surface area contributed by atoms with Gasteiger partial charge in [-0.05, 0) is 25.0 Å². The summed E-state index contributed by atoms with van der Waals surface area (Å²) < 4.78 is 32.9. The first-order chi connectivity index (χ1) is 11.9. The second-order valence-electron chi connectivity index (χ2n) is 7.13. The zero-order valence-corrected chi connectivity index (χ0v) is 15.3. The molecule has 2 amide bonds. The van der Waals surface area contributed by atoms with Crippen LogP contribution in [0.2, 0.25) is 0 Å². The van der Waals surface area contributed by atoms with Gasteiger partial charge in [0, 0.05) is 25.3 Å². The molecule has 3 heterocycles. The van der Waals surface area contributed by atoms with Crippen molar-refractivity contribution < 1.29 is 17.9 Å². The lowest BCUT2D eigenvalue weighted by atomic mass is 9.99. The SMILES string of the molecule is CCN1C[C@]23CN(C(=O)Nc4ccccc4C)C[C@H](C[C@H]2S1(=O)=O)O3. The molecule has 3 aliphatic rings. The average Bonchev–Trinajstić information content (AvgIpc) is 2.95. The summed E-state index contributed by atoms with van der Waals surface area (Å²) in [6, 6.07) is 7.41. The Hall–Kier alpha value is -1.64. The van der Waals surface area contributed by atoms with Gasteiger partial charge in [-0.25, -0.2) is 13.2 Å². The Balaban J connectivity index is 1.56. The molecule has 3 fully saturated rings. The molecule has 136 valence electrons. The molecule has 1 aromatic rings. The third-order valence-corrected chi connectivity index (χ3v) is 7.99. The summed E-state index contributed by atoms with van der Waals surface area (Å²) in [5.41, 5.74) is 0.972. The van der Waals surface area contributed by atoms with Crippen LogP contribution in [0.4, 0.5) is 10.5 Å². The molecule has 3 saturated heterocycles. The number of fused-ring (bicyclic) bond motifs is 1. The minimum Gasteiger partial charge on any atom is -0.365 e. The molecule has 8 heteroatoms. The van der Waals surface area contributed by atoms with Crippen molar-refractivity contribution in [3.05, 3.63) is 29.8 Å². The number of likely N-dealkylation sites (tertiary alicyclic amines) is 1. The van der Waals surface area contributed by atoms with Crippen molar-refractivity contribution in [2.45, 2.75) is 37.2 Å². The summed E-state index contributed by atoms with van der Waals surface area (Å²) >= 11 is 0. The lowest BCUT2D eigenvalue weighted by Crippen LogP contribution is -2.57. The number of benzene rings is 1. The highest BCUT2D eigenvalue weighted by Gasteiger charge is 2.65. The minimum atomic E-state index is -3.34. The number of morpholine rings is 1. The molecule has 1 spiro atoms. The van der Waals surface area contributed by atoms with Gasteiger partial charge in [0.05, 0.1) is 12.6 Å². The molecule has 3 aliphatic heterocycles. The van der Waals surface area contributed by atoms with Crippen LogP contribution in [0.25, 0.3) is 0 Å².